The van der Waals surface area contributed by atoms with Gasteiger partial charge in [0.2, 0.25) is 5.91 Å². The SMILES string of the molecule is O=C1N2CCC[C@H]2CO[C@]23CCC=C[C@]12CCCO3. The van der Waals surface area contributed by atoms with Crippen molar-refractivity contribution in [1.29, 1.82) is 0 Å². The Morgan fingerprint density at radius 1 is 1.26 bits per heavy atom. The molecule has 4 rings (SSSR count). The summed E-state index contributed by atoms with van der Waals surface area (Å²) in [6.07, 6.45) is 9.99. The number of allylic oxidation sites excluding steroid dienone is 1. The van der Waals surface area contributed by atoms with E-state index < -0.39 is 11.2 Å². The molecule has 0 unspecified atom stereocenters. The molecule has 0 aromatic carbocycles. The molecule has 0 bridgehead atoms. The lowest BCUT2D eigenvalue weighted by Gasteiger charge is -2.51. The molecule has 4 heteroatoms. The van der Waals surface area contributed by atoms with Crippen LogP contribution in [0.5, 0.6) is 0 Å². The first kappa shape index (κ1) is 11.9. The molecule has 19 heavy (non-hydrogen) atoms. The number of hydrogen-bond acceptors (Lipinski definition) is 3. The van der Waals surface area contributed by atoms with Crippen LogP contribution in [-0.4, -0.2) is 42.4 Å². The molecule has 0 spiro atoms. The van der Waals surface area contributed by atoms with Crippen molar-refractivity contribution in [2.45, 2.75) is 50.4 Å². The van der Waals surface area contributed by atoms with Gasteiger partial charge in [0.15, 0.2) is 5.79 Å². The third-order valence-corrected chi connectivity index (χ3v) is 5.30. The molecule has 0 N–H and O–H groups in total. The van der Waals surface area contributed by atoms with Crippen molar-refractivity contribution in [2.75, 3.05) is 19.8 Å². The summed E-state index contributed by atoms with van der Waals surface area (Å²) in [5.74, 6) is -0.426. The lowest BCUT2D eigenvalue weighted by atomic mass is 9.68. The summed E-state index contributed by atoms with van der Waals surface area (Å²) in [5, 5.41) is 0. The van der Waals surface area contributed by atoms with Gasteiger partial charge in [-0.15, -0.1) is 0 Å². The maximum absolute atomic E-state index is 13.1. The normalized spacial score (nSPS) is 45.4. The third-order valence-electron chi connectivity index (χ3n) is 5.30. The van der Waals surface area contributed by atoms with Gasteiger partial charge in [0.1, 0.15) is 5.41 Å². The van der Waals surface area contributed by atoms with E-state index in [0.29, 0.717) is 13.2 Å². The van der Waals surface area contributed by atoms with Gasteiger partial charge in [0.05, 0.1) is 19.3 Å². The van der Waals surface area contributed by atoms with Crippen LogP contribution >= 0.6 is 0 Å². The molecular weight excluding hydrogens is 242 g/mol. The summed E-state index contributed by atoms with van der Waals surface area (Å²) < 4.78 is 12.3. The van der Waals surface area contributed by atoms with Crippen LogP contribution in [0.4, 0.5) is 0 Å². The maximum atomic E-state index is 13.1. The van der Waals surface area contributed by atoms with E-state index in [1.165, 1.54) is 0 Å². The van der Waals surface area contributed by atoms with Crippen molar-refractivity contribution < 1.29 is 14.3 Å². The van der Waals surface area contributed by atoms with Crippen LogP contribution in [0.3, 0.4) is 0 Å². The molecule has 4 nitrogen and oxygen atoms in total. The van der Waals surface area contributed by atoms with Gasteiger partial charge < -0.3 is 14.4 Å². The average Bonchev–Trinajstić information content (AvgIpc) is 2.89. The highest BCUT2D eigenvalue weighted by molar-refractivity contribution is 5.87. The molecular formula is C15H21NO3. The van der Waals surface area contributed by atoms with Gasteiger partial charge in [-0.05, 0) is 32.1 Å². The van der Waals surface area contributed by atoms with Gasteiger partial charge >= 0.3 is 0 Å². The largest absolute Gasteiger partial charge is 0.348 e. The smallest absolute Gasteiger partial charge is 0.238 e. The Balaban J connectivity index is 1.83. The van der Waals surface area contributed by atoms with Crippen LogP contribution in [-0.2, 0) is 14.3 Å². The highest BCUT2D eigenvalue weighted by Gasteiger charge is 2.63. The number of carbonyl (C=O) groups is 1. The maximum Gasteiger partial charge on any atom is 0.238 e. The summed E-state index contributed by atoms with van der Waals surface area (Å²) in [6, 6.07) is 0.266. The van der Waals surface area contributed by atoms with E-state index in [-0.39, 0.29) is 11.9 Å². The fourth-order valence-corrected chi connectivity index (χ4v) is 4.32. The molecule has 0 saturated carbocycles. The highest BCUT2D eigenvalue weighted by atomic mass is 16.7. The van der Waals surface area contributed by atoms with E-state index in [1.807, 2.05) is 0 Å². The fraction of sp³-hybridized carbons (Fsp3) is 0.800. The molecule has 3 atom stereocenters. The van der Waals surface area contributed by atoms with Gasteiger partial charge in [-0.2, -0.15) is 0 Å². The van der Waals surface area contributed by atoms with Crippen LogP contribution < -0.4 is 0 Å². The van der Waals surface area contributed by atoms with Gasteiger partial charge in [0, 0.05) is 13.0 Å². The number of ether oxygens (including phenoxy) is 2. The summed E-state index contributed by atoms with van der Waals surface area (Å²) in [7, 11) is 0. The zero-order valence-corrected chi connectivity index (χ0v) is 11.3. The first-order chi connectivity index (χ1) is 9.28. The van der Waals surface area contributed by atoms with Crippen LogP contribution in [0.2, 0.25) is 0 Å². The fourth-order valence-electron chi connectivity index (χ4n) is 4.32. The topological polar surface area (TPSA) is 38.8 Å². The number of amides is 1. The first-order valence-corrected chi connectivity index (χ1v) is 7.54. The first-order valence-electron chi connectivity index (χ1n) is 7.54. The van der Waals surface area contributed by atoms with Crippen LogP contribution in [0.25, 0.3) is 0 Å². The minimum atomic E-state index is -0.679. The van der Waals surface area contributed by atoms with E-state index in [4.69, 9.17) is 9.47 Å². The van der Waals surface area contributed by atoms with Crippen molar-refractivity contribution in [3.05, 3.63) is 12.2 Å². The van der Waals surface area contributed by atoms with Crippen LogP contribution in [0, 0.1) is 5.41 Å². The summed E-state index contributed by atoms with van der Waals surface area (Å²) >= 11 is 0. The van der Waals surface area contributed by atoms with Crippen molar-refractivity contribution >= 4 is 5.91 Å². The monoisotopic (exact) mass is 263 g/mol. The molecule has 3 heterocycles. The second-order valence-electron chi connectivity index (χ2n) is 6.22. The van der Waals surface area contributed by atoms with E-state index in [1.54, 1.807) is 0 Å². The lowest BCUT2D eigenvalue weighted by molar-refractivity contribution is -0.300. The molecule has 1 aliphatic carbocycles. The van der Waals surface area contributed by atoms with E-state index in [9.17, 15) is 4.79 Å². The van der Waals surface area contributed by atoms with Crippen LogP contribution in [0.15, 0.2) is 12.2 Å². The molecule has 104 valence electrons. The van der Waals surface area contributed by atoms with Gasteiger partial charge in [-0.1, -0.05) is 12.2 Å². The Morgan fingerprint density at radius 2 is 2.21 bits per heavy atom. The van der Waals surface area contributed by atoms with E-state index >= 15 is 0 Å². The standard InChI is InChI=1S/C15H21NO3/c17-13-14-6-1-2-8-15(14,18-10-4-7-14)19-11-12-5-3-9-16(12)13/h1,6,12H,2-5,7-11H2/t12-,14-,15+/m0/s1. The van der Waals surface area contributed by atoms with Gasteiger partial charge in [-0.25, -0.2) is 0 Å². The number of fused-ring (bicyclic) bond motifs is 1. The predicted molar refractivity (Wildman–Crippen MR) is 69.4 cm³/mol. The van der Waals surface area contributed by atoms with Crippen molar-refractivity contribution in [1.82, 2.24) is 4.90 Å². The predicted octanol–water partition coefficient (Wildman–Crippen LogP) is 1.85. The van der Waals surface area contributed by atoms with Gasteiger partial charge in [0.25, 0.3) is 0 Å². The van der Waals surface area contributed by atoms with E-state index in [2.05, 4.69) is 17.1 Å². The van der Waals surface area contributed by atoms with E-state index in [0.717, 1.165) is 45.1 Å². The van der Waals surface area contributed by atoms with Crippen molar-refractivity contribution in [2.24, 2.45) is 5.41 Å². The van der Waals surface area contributed by atoms with Crippen molar-refractivity contribution in [3.63, 3.8) is 0 Å². The third kappa shape index (κ3) is 1.44. The molecule has 1 amide bonds. The molecule has 0 aromatic rings. The minimum absolute atomic E-state index is 0.253. The zero-order valence-electron chi connectivity index (χ0n) is 11.3. The summed E-state index contributed by atoms with van der Waals surface area (Å²) in [4.78, 5) is 15.2. The Morgan fingerprint density at radius 3 is 3.16 bits per heavy atom. The molecule has 0 radical (unpaired) electrons. The second-order valence-corrected chi connectivity index (χ2v) is 6.22. The Kier molecular flexibility index (Phi) is 2.55. The molecule has 3 aliphatic heterocycles. The Hall–Kier alpha value is -0.870. The summed E-state index contributed by atoms with van der Waals surface area (Å²) in [6.45, 7) is 2.24. The van der Waals surface area contributed by atoms with Crippen LogP contribution in [0.1, 0.15) is 38.5 Å². The molecule has 3 fully saturated rings. The highest BCUT2D eigenvalue weighted by Crippen LogP contribution is 2.53. The molecule has 4 aliphatic rings. The minimum Gasteiger partial charge on any atom is -0.348 e. The summed E-state index contributed by atoms with van der Waals surface area (Å²) in [5.41, 5.74) is -0.553. The number of rotatable bonds is 0. The average molecular weight is 263 g/mol. The second kappa shape index (κ2) is 4.06. The zero-order chi connectivity index (χ0) is 12.9. The lowest BCUT2D eigenvalue weighted by Crippen LogP contribution is -2.60. The number of nitrogens with zero attached hydrogens (tertiary/aromatic N) is 1. The molecule has 3 saturated heterocycles. The van der Waals surface area contributed by atoms with Crippen molar-refractivity contribution in [3.8, 4) is 0 Å². The van der Waals surface area contributed by atoms with Gasteiger partial charge in [-0.3, -0.25) is 4.79 Å². The Bertz CT molecular complexity index is 435. The quantitative estimate of drug-likeness (QED) is 0.626. The molecule has 0 aromatic heterocycles. The number of carbonyl (C=O) groups excluding carboxylic acids is 1. The Labute approximate surface area is 113 Å². The number of hydrogen-bond donors (Lipinski definition) is 0.